The Morgan fingerprint density at radius 1 is 0.737 bits per heavy atom. The Bertz CT molecular complexity index is 1380. The van der Waals surface area contributed by atoms with E-state index in [4.69, 9.17) is 9.47 Å². The molecule has 3 aromatic rings. The van der Waals surface area contributed by atoms with Gasteiger partial charge in [0.05, 0.1) is 14.2 Å². The van der Waals surface area contributed by atoms with Crippen LogP contribution < -0.4 is 14.4 Å². The van der Waals surface area contributed by atoms with Gasteiger partial charge in [0.1, 0.15) is 29.2 Å². The summed E-state index contributed by atoms with van der Waals surface area (Å²) in [5.41, 5.74) is 6.23. The van der Waals surface area contributed by atoms with Crippen molar-refractivity contribution in [2.45, 2.75) is 26.7 Å². The van der Waals surface area contributed by atoms with Crippen LogP contribution in [0.2, 0.25) is 0 Å². The van der Waals surface area contributed by atoms with E-state index in [2.05, 4.69) is 55.2 Å². The number of nitrogens with zero attached hydrogens (tertiary/aromatic N) is 3. The molecule has 5 nitrogen and oxygen atoms in total. The molecular formula is C33H31N3O2. The molecule has 0 unspecified atom stereocenters. The van der Waals surface area contributed by atoms with Crippen LogP contribution in [0.1, 0.15) is 32.3 Å². The van der Waals surface area contributed by atoms with E-state index in [-0.39, 0.29) is 11.0 Å². The predicted octanol–water partition coefficient (Wildman–Crippen LogP) is 8.28. The fourth-order valence-corrected chi connectivity index (χ4v) is 4.74. The fourth-order valence-electron chi connectivity index (χ4n) is 4.74. The summed E-state index contributed by atoms with van der Waals surface area (Å²) in [5, 5.41) is 18.7. The summed E-state index contributed by atoms with van der Waals surface area (Å²) in [7, 11) is 3.33. The molecule has 0 aliphatic heterocycles. The van der Waals surface area contributed by atoms with Crippen LogP contribution in [0.3, 0.4) is 0 Å². The highest BCUT2D eigenvalue weighted by atomic mass is 16.5. The lowest BCUT2D eigenvalue weighted by Crippen LogP contribution is -2.17. The van der Waals surface area contributed by atoms with E-state index in [1.54, 1.807) is 14.2 Å². The minimum absolute atomic E-state index is 0.0101. The maximum Gasteiger partial charge on any atom is 0.132 e. The standard InChI is InChI=1S/C33H31N3O2/c1-33(2)20-25(19-26(21-33)27(22-34)23-35)6-5-24-7-9-28(10-8-24)36(29-11-15-31(37-3)16-12-29)30-13-17-32(38-4)18-14-30/h5-19H,20-21H2,1-4H3/b6-5+. The summed E-state index contributed by atoms with van der Waals surface area (Å²) in [6.45, 7) is 4.34. The zero-order valence-corrected chi connectivity index (χ0v) is 22.2. The Morgan fingerprint density at radius 3 is 1.66 bits per heavy atom. The molecule has 0 bridgehead atoms. The van der Waals surface area contributed by atoms with Crippen molar-refractivity contribution in [3.05, 3.63) is 107 Å². The molecule has 5 heteroatoms. The number of anilines is 3. The number of hydrogen-bond donors (Lipinski definition) is 0. The first kappa shape index (κ1) is 26.3. The van der Waals surface area contributed by atoms with Crippen molar-refractivity contribution in [2.75, 3.05) is 19.1 Å². The van der Waals surface area contributed by atoms with E-state index in [1.807, 2.05) is 66.7 Å². The number of rotatable bonds is 7. The van der Waals surface area contributed by atoms with E-state index in [0.717, 1.165) is 58.1 Å². The van der Waals surface area contributed by atoms with Crippen molar-refractivity contribution in [2.24, 2.45) is 5.41 Å². The largest absolute Gasteiger partial charge is 0.497 e. The molecule has 1 aliphatic rings. The molecule has 0 spiro atoms. The summed E-state index contributed by atoms with van der Waals surface area (Å²) >= 11 is 0. The third-order valence-electron chi connectivity index (χ3n) is 6.56. The summed E-state index contributed by atoms with van der Waals surface area (Å²) in [6.07, 6.45) is 7.78. The summed E-state index contributed by atoms with van der Waals surface area (Å²) < 4.78 is 10.7. The van der Waals surface area contributed by atoms with Crippen LogP contribution in [0.4, 0.5) is 17.1 Å². The molecule has 3 aromatic carbocycles. The van der Waals surface area contributed by atoms with Crippen LogP contribution in [0.15, 0.2) is 102 Å². The molecule has 0 atom stereocenters. The van der Waals surface area contributed by atoms with Crippen molar-refractivity contribution in [1.82, 2.24) is 0 Å². The molecule has 0 saturated heterocycles. The molecule has 0 radical (unpaired) electrons. The van der Waals surface area contributed by atoms with Gasteiger partial charge in [-0.05, 0) is 95.6 Å². The van der Waals surface area contributed by atoms with Crippen LogP contribution >= 0.6 is 0 Å². The van der Waals surface area contributed by atoms with E-state index >= 15 is 0 Å². The monoisotopic (exact) mass is 501 g/mol. The third kappa shape index (κ3) is 6.14. The molecule has 190 valence electrons. The number of allylic oxidation sites excluding steroid dienone is 5. The predicted molar refractivity (Wildman–Crippen MR) is 153 cm³/mol. The van der Waals surface area contributed by atoms with E-state index in [0.29, 0.717) is 0 Å². The molecule has 0 amide bonds. The van der Waals surface area contributed by atoms with Crippen molar-refractivity contribution in [3.8, 4) is 23.6 Å². The van der Waals surface area contributed by atoms with Gasteiger partial charge >= 0.3 is 0 Å². The molecule has 4 rings (SSSR count). The topological polar surface area (TPSA) is 69.3 Å². The van der Waals surface area contributed by atoms with Crippen LogP contribution in [0.25, 0.3) is 6.08 Å². The Kier molecular flexibility index (Phi) is 8.00. The normalized spacial score (nSPS) is 14.3. The SMILES string of the molecule is COc1ccc(N(c2ccc(/C=C/C3=CC(=C(C#N)C#N)CC(C)(C)C3)cc2)c2ccc(OC)cc2)cc1. The highest BCUT2D eigenvalue weighted by molar-refractivity contribution is 5.77. The smallest absolute Gasteiger partial charge is 0.132 e. The Morgan fingerprint density at radius 2 is 1.21 bits per heavy atom. The lowest BCUT2D eigenvalue weighted by molar-refractivity contribution is 0.354. The van der Waals surface area contributed by atoms with E-state index in [9.17, 15) is 10.5 Å². The lowest BCUT2D eigenvalue weighted by atomic mass is 9.74. The Balaban J connectivity index is 1.64. The van der Waals surface area contributed by atoms with Crippen LogP contribution in [-0.2, 0) is 0 Å². The Labute approximate surface area is 225 Å². The second-order valence-electron chi connectivity index (χ2n) is 10.0. The van der Waals surface area contributed by atoms with Gasteiger partial charge in [0.2, 0.25) is 0 Å². The molecule has 38 heavy (non-hydrogen) atoms. The highest BCUT2D eigenvalue weighted by Gasteiger charge is 2.26. The molecule has 0 aromatic heterocycles. The van der Waals surface area contributed by atoms with Gasteiger partial charge in [0, 0.05) is 17.1 Å². The van der Waals surface area contributed by atoms with Crippen molar-refractivity contribution in [3.63, 3.8) is 0 Å². The maximum absolute atomic E-state index is 9.34. The van der Waals surface area contributed by atoms with Gasteiger partial charge in [-0.25, -0.2) is 0 Å². The highest BCUT2D eigenvalue weighted by Crippen LogP contribution is 2.40. The van der Waals surface area contributed by atoms with Gasteiger partial charge in [-0.2, -0.15) is 10.5 Å². The van der Waals surface area contributed by atoms with Crippen LogP contribution in [0, 0.1) is 28.1 Å². The van der Waals surface area contributed by atoms with Gasteiger partial charge < -0.3 is 14.4 Å². The van der Waals surface area contributed by atoms with Crippen LogP contribution in [-0.4, -0.2) is 14.2 Å². The summed E-state index contributed by atoms with van der Waals surface area (Å²) in [4.78, 5) is 2.18. The zero-order valence-electron chi connectivity index (χ0n) is 22.2. The van der Waals surface area contributed by atoms with Crippen molar-refractivity contribution >= 4 is 23.1 Å². The number of methoxy groups -OCH3 is 2. The van der Waals surface area contributed by atoms with Gasteiger partial charge in [-0.15, -0.1) is 0 Å². The van der Waals surface area contributed by atoms with Crippen molar-refractivity contribution in [1.29, 1.82) is 10.5 Å². The van der Waals surface area contributed by atoms with E-state index < -0.39 is 0 Å². The average Bonchev–Trinajstić information content (AvgIpc) is 2.93. The van der Waals surface area contributed by atoms with Gasteiger partial charge in [0.25, 0.3) is 0 Å². The third-order valence-corrected chi connectivity index (χ3v) is 6.56. The first-order valence-corrected chi connectivity index (χ1v) is 12.5. The van der Waals surface area contributed by atoms with Crippen LogP contribution in [0.5, 0.6) is 11.5 Å². The molecular weight excluding hydrogens is 470 g/mol. The second kappa shape index (κ2) is 11.5. The minimum atomic E-state index is -0.0101. The van der Waals surface area contributed by atoms with Crippen molar-refractivity contribution < 1.29 is 9.47 Å². The van der Waals surface area contributed by atoms with E-state index in [1.165, 1.54) is 0 Å². The molecule has 0 fully saturated rings. The lowest BCUT2D eigenvalue weighted by Gasteiger charge is -2.30. The van der Waals surface area contributed by atoms with Gasteiger partial charge in [-0.3, -0.25) is 0 Å². The number of nitriles is 2. The van der Waals surface area contributed by atoms with Gasteiger partial charge in [-0.1, -0.05) is 44.2 Å². The summed E-state index contributed by atoms with van der Waals surface area (Å²) in [6, 6.07) is 28.4. The second-order valence-corrected chi connectivity index (χ2v) is 10.0. The van der Waals surface area contributed by atoms with Gasteiger partial charge in [0.15, 0.2) is 0 Å². The molecule has 1 aliphatic carbocycles. The molecule has 0 N–H and O–H groups in total. The quantitative estimate of drug-likeness (QED) is 0.305. The number of hydrogen-bond acceptors (Lipinski definition) is 5. The number of ether oxygens (including phenoxy) is 2. The zero-order chi connectivity index (χ0) is 27.1. The Hall–Kier alpha value is -4.74. The fraction of sp³-hybridized carbons (Fsp3) is 0.212. The number of benzene rings is 3. The summed E-state index contributed by atoms with van der Waals surface area (Å²) in [5.74, 6) is 1.61. The first-order chi connectivity index (χ1) is 18.4. The molecule has 0 saturated carbocycles. The first-order valence-electron chi connectivity index (χ1n) is 12.5. The average molecular weight is 502 g/mol. The molecule has 0 heterocycles. The maximum atomic E-state index is 9.34. The minimum Gasteiger partial charge on any atom is -0.497 e.